The number of nitrogens with zero attached hydrogens (tertiary/aromatic N) is 1. The summed E-state index contributed by atoms with van der Waals surface area (Å²) in [4.78, 5) is 8.25. The molecule has 1 heterocycles. The van der Waals surface area contributed by atoms with Gasteiger partial charge in [0.1, 0.15) is 0 Å². The average Bonchev–Trinajstić information content (AvgIpc) is 3.14. The lowest BCUT2D eigenvalue weighted by Gasteiger charge is -2.29. The second-order valence-corrected chi connectivity index (χ2v) is 9.59. The highest BCUT2D eigenvalue weighted by atomic mass is 14.9. The zero-order chi connectivity index (χ0) is 19.6. The number of rotatable bonds is 5. The molecular formula is C27H34N2. The van der Waals surface area contributed by atoms with E-state index in [0.29, 0.717) is 0 Å². The largest absolute Gasteiger partial charge is 0.349 e. The summed E-state index contributed by atoms with van der Waals surface area (Å²) in [5.41, 5.74) is 8.87. The van der Waals surface area contributed by atoms with Crippen LogP contribution in [0.4, 0.5) is 0 Å². The fourth-order valence-electron chi connectivity index (χ4n) is 5.94. The van der Waals surface area contributed by atoms with Crippen LogP contribution in [0.2, 0.25) is 0 Å². The standard InChI is InChI=1S/C27H34N2/c1-2-19-12-13-24-23(15-19)17-26-27(24)25(28-18-29-26)16-22-10-8-21(9-11-22)14-20-6-4-3-5-7-20/h3-7,17-19,21-22H,2,8-16H2,1H3,(H,28,29). The van der Waals surface area contributed by atoms with Crippen molar-refractivity contribution in [3.05, 3.63) is 65.1 Å². The van der Waals surface area contributed by atoms with Gasteiger partial charge in [0, 0.05) is 11.3 Å². The highest BCUT2D eigenvalue weighted by molar-refractivity contribution is 5.73. The Labute approximate surface area is 175 Å². The van der Waals surface area contributed by atoms with Gasteiger partial charge in [-0.05, 0) is 98.3 Å². The molecular weight excluding hydrogens is 352 g/mol. The molecule has 1 aromatic rings. The third-order valence-corrected chi connectivity index (χ3v) is 7.72. The Hall–Kier alpha value is -2.09. The zero-order valence-electron chi connectivity index (χ0n) is 17.8. The molecule has 2 nitrogen and oxygen atoms in total. The van der Waals surface area contributed by atoms with Gasteiger partial charge in [0.25, 0.3) is 0 Å². The topological polar surface area (TPSA) is 28.7 Å². The Balaban J connectivity index is 1.26. The molecule has 152 valence electrons. The van der Waals surface area contributed by atoms with E-state index in [1.165, 1.54) is 86.7 Å². The number of nitrogens with one attached hydrogen (secondary N) is 1. The molecule has 0 bridgehead atoms. The van der Waals surface area contributed by atoms with Crippen LogP contribution in [0.1, 0.15) is 67.8 Å². The van der Waals surface area contributed by atoms with Crippen molar-refractivity contribution in [3.8, 4) is 11.3 Å². The van der Waals surface area contributed by atoms with E-state index in [1.807, 2.05) is 6.33 Å². The van der Waals surface area contributed by atoms with Gasteiger partial charge >= 0.3 is 0 Å². The summed E-state index contributed by atoms with van der Waals surface area (Å²) in [6, 6.07) is 13.4. The molecule has 3 aliphatic carbocycles. The zero-order valence-corrected chi connectivity index (χ0v) is 17.8. The van der Waals surface area contributed by atoms with Crippen molar-refractivity contribution < 1.29 is 0 Å². The molecule has 1 atom stereocenters. The Morgan fingerprint density at radius 2 is 1.69 bits per heavy atom. The summed E-state index contributed by atoms with van der Waals surface area (Å²) in [5, 5.41) is 0. The first-order valence-electron chi connectivity index (χ1n) is 11.8. The fourth-order valence-corrected chi connectivity index (χ4v) is 5.94. The van der Waals surface area contributed by atoms with Crippen LogP contribution in [-0.4, -0.2) is 9.97 Å². The van der Waals surface area contributed by atoms with Gasteiger partial charge in [-0.3, -0.25) is 0 Å². The van der Waals surface area contributed by atoms with Crippen molar-refractivity contribution in [2.45, 2.75) is 71.1 Å². The van der Waals surface area contributed by atoms with Crippen molar-refractivity contribution in [3.63, 3.8) is 0 Å². The summed E-state index contributed by atoms with van der Waals surface area (Å²) >= 11 is 0. The lowest BCUT2D eigenvalue weighted by atomic mass is 9.77. The van der Waals surface area contributed by atoms with Crippen molar-refractivity contribution in [2.75, 3.05) is 0 Å². The minimum absolute atomic E-state index is 0.821. The lowest BCUT2D eigenvalue weighted by molar-refractivity contribution is 0.271. The Morgan fingerprint density at radius 3 is 2.45 bits per heavy atom. The second kappa shape index (κ2) is 8.34. The molecule has 0 spiro atoms. The predicted molar refractivity (Wildman–Crippen MR) is 120 cm³/mol. The van der Waals surface area contributed by atoms with Gasteiger partial charge < -0.3 is 4.98 Å². The Morgan fingerprint density at radius 1 is 0.931 bits per heavy atom. The van der Waals surface area contributed by atoms with Crippen molar-refractivity contribution in [1.29, 1.82) is 0 Å². The van der Waals surface area contributed by atoms with E-state index in [2.05, 4.69) is 48.3 Å². The molecule has 0 amide bonds. The first-order valence-corrected chi connectivity index (χ1v) is 11.8. The highest BCUT2D eigenvalue weighted by Crippen LogP contribution is 2.41. The molecule has 2 heteroatoms. The molecule has 29 heavy (non-hydrogen) atoms. The maximum absolute atomic E-state index is 4.69. The number of aromatic nitrogens is 2. The van der Waals surface area contributed by atoms with Gasteiger partial charge in [0.2, 0.25) is 0 Å². The van der Waals surface area contributed by atoms with Gasteiger partial charge in [-0.2, -0.15) is 0 Å². The molecule has 0 aromatic heterocycles. The van der Waals surface area contributed by atoms with Crippen molar-refractivity contribution in [2.24, 2.45) is 17.8 Å². The third kappa shape index (κ3) is 3.99. The van der Waals surface area contributed by atoms with Crippen LogP contribution < -0.4 is 0 Å². The molecule has 0 radical (unpaired) electrons. The summed E-state index contributed by atoms with van der Waals surface area (Å²) < 4.78 is 0. The summed E-state index contributed by atoms with van der Waals surface area (Å²) in [6.07, 6.45) is 15.0. The van der Waals surface area contributed by atoms with Crippen molar-refractivity contribution in [1.82, 2.24) is 9.97 Å². The van der Waals surface area contributed by atoms with E-state index >= 15 is 0 Å². The Bertz CT molecular complexity index is 902. The van der Waals surface area contributed by atoms with Gasteiger partial charge in [-0.25, -0.2) is 4.98 Å². The fraction of sp³-hybridized carbons (Fsp3) is 0.519. The predicted octanol–water partition coefficient (Wildman–Crippen LogP) is 6.62. The smallest absolute Gasteiger partial charge is 0.0928 e. The maximum atomic E-state index is 4.69. The SMILES string of the molecule is CCC1CCc2c(cc3nc[nH]c(CC4CCC(Cc5ccccc5)CC4)c2-3)C1. The number of hydrogen-bond donors (Lipinski definition) is 1. The number of H-pyrrole nitrogens is 1. The van der Waals surface area contributed by atoms with Crippen LogP contribution in [-0.2, 0) is 25.7 Å². The van der Waals surface area contributed by atoms with Crippen LogP contribution in [0.15, 0.2) is 42.7 Å². The van der Waals surface area contributed by atoms with Gasteiger partial charge in [0.05, 0.1) is 12.0 Å². The number of aromatic amines is 1. The van der Waals surface area contributed by atoms with Gasteiger partial charge in [0.15, 0.2) is 0 Å². The normalized spacial score (nSPS) is 24.5. The maximum Gasteiger partial charge on any atom is 0.0928 e. The number of hydrogen-bond acceptors (Lipinski definition) is 1. The number of benzene rings is 1. The molecule has 1 unspecified atom stereocenters. The highest BCUT2D eigenvalue weighted by Gasteiger charge is 2.28. The van der Waals surface area contributed by atoms with Crippen LogP contribution in [0.25, 0.3) is 11.3 Å². The van der Waals surface area contributed by atoms with Gasteiger partial charge in [-0.15, -0.1) is 0 Å². The quantitative estimate of drug-likeness (QED) is 0.524. The molecule has 1 N–H and O–H groups in total. The van der Waals surface area contributed by atoms with Crippen LogP contribution in [0.5, 0.6) is 0 Å². The first-order chi connectivity index (χ1) is 14.3. The van der Waals surface area contributed by atoms with E-state index < -0.39 is 0 Å². The van der Waals surface area contributed by atoms with Crippen molar-refractivity contribution >= 4 is 0 Å². The monoisotopic (exact) mass is 386 g/mol. The van der Waals surface area contributed by atoms with E-state index in [1.54, 1.807) is 11.1 Å². The molecule has 1 fully saturated rings. The second-order valence-electron chi connectivity index (χ2n) is 9.59. The molecule has 5 rings (SSSR count). The first kappa shape index (κ1) is 18.9. The van der Waals surface area contributed by atoms with Crippen LogP contribution in [0, 0.1) is 17.8 Å². The summed E-state index contributed by atoms with van der Waals surface area (Å²) in [5.74, 6) is 2.56. The Kier molecular flexibility index (Phi) is 5.44. The summed E-state index contributed by atoms with van der Waals surface area (Å²) in [7, 11) is 0. The van der Waals surface area contributed by atoms with E-state index in [9.17, 15) is 0 Å². The van der Waals surface area contributed by atoms with E-state index in [-0.39, 0.29) is 0 Å². The molecule has 0 saturated heterocycles. The molecule has 4 aliphatic rings. The van der Waals surface area contributed by atoms with Crippen LogP contribution in [0.3, 0.4) is 0 Å². The minimum Gasteiger partial charge on any atom is -0.349 e. The summed E-state index contributed by atoms with van der Waals surface area (Å²) in [6.45, 7) is 2.34. The number of fused-ring (bicyclic) bond motifs is 3. The third-order valence-electron chi connectivity index (χ3n) is 7.72. The minimum atomic E-state index is 0.821. The molecule has 1 aliphatic heterocycles. The lowest BCUT2D eigenvalue weighted by Crippen LogP contribution is -2.19. The van der Waals surface area contributed by atoms with E-state index in [4.69, 9.17) is 4.98 Å². The molecule has 1 aromatic carbocycles. The van der Waals surface area contributed by atoms with Crippen LogP contribution >= 0.6 is 0 Å². The average molecular weight is 387 g/mol. The van der Waals surface area contributed by atoms with E-state index in [0.717, 1.165) is 17.8 Å². The van der Waals surface area contributed by atoms with Gasteiger partial charge in [-0.1, -0.05) is 43.7 Å². The molecule has 1 saturated carbocycles.